The van der Waals surface area contributed by atoms with Gasteiger partial charge in [0.1, 0.15) is 5.82 Å². The molecule has 10 nitrogen and oxygen atoms in total. The monoisotopic (exact) mass is 581 g/mol. The molecule has 42 heavy (non-hydrogen) atoms. The average Bonchev–Trinajstić information content (AvgIpc) is 3.82. The minimum absolute atomic E-state index is 0.168. The molecule has 0 saturated heterocycles. The Kier molecular flexibility index (Phi) is 7.91. The van der Waals surface area contributed by atoms with Crippen LogP contribution in [-0.2, 0) is 28.9 Å². The van der Waals surface area contributed by atoms with Gasteiger partial charge in [-0.05, 0) is 45.0 Å². The number of methoxy groups -OCH3 is 1. The van der Waals surface area contributed by atoms with Crippen LogP contribution in [0, 0.1) is 0 Å². The predicted molar refractivity (Wildman–Crippen MR) is 159 cm³/mol. The number of carbonyl (C=O) groups is 2. The number of aromatic nitrogens is 6. The molecule has 1 amide bonds. The minimum Gasteiger partial charge on any atom is -0.467 e. The molecule has 0 saturated carbocycles. The van der Waals surface area contributed by atoms with Gasteiger partial charge in [-0.3, -0.25) is 4.79 Å². The molecule has 1 unspecified atom stereocenters. The average molecular weight is 582 g/mol. The van der Waals surface area contributed by atoms with Crippen LogP contribution >= 0.6 is 11.3 Å². The fraction of sp³-hybridized carbons (Fsp3) is 0.290. The lowest BCUT2D eigenvalue weighted by atomic mass is 9.98. The van der Waals surface area contributed by atoms with Crippen molar-refractivity contribution in [2.75, 3.05) is 13.7 Å². The van der Waals surface area contributed by atoms with Crippen molar-refractivity contribution in [3.8, 4) is 22.5 Å². The number of rotatable bonds is 9. The lowest BCUT2D eigenvalue weighted by molar-refractivity contribution is -0.147. The van der Waals surface area contributed by atoms with E-state index in [0.717, 1.165) is 58.7 Å². The molecule has 11 heteroatoms. The van der Waals surface area contributed by atoms with E-state index in [4.69, 9.17) is 9.72 Å². The summed E-state index contributed by atoms with van der Waals surface area (Å²) in [5.41, 5.74) is 5.62. The number of hydrogen-bond acceptors (Lipinski definition) is 8. The van der Waals surface area contributed by atoms with Gasteiger partial charge in [0, 0.05) is 31.5 Å². The number of aromatic amines is 1. The van der Waals surface area contributed by atoms with Crippen LogP contribution in [0.2, 0.25) is 0 Å². The largest absolute Gasteiger partial charge is 0.467 e. The summed E-state index contributed by atoms with van der Waals surface area (Å²) in [5.74, 6) is 0.904. The Balaban J connectivity index is 1.37. The molecule has 214 valence electrons. The fourth-order valence-corrected chi connectivity index (χ4v) is 6.24. The van der Waals surface area contributed by atoms with Crippen molar-refractivity contribution in [1.29, 1.82) is 0 Å². The zero-order chi connectivity index (χ0) is 29.1. The third kappa shape index (κ3) is 5.23. The second-order valence-corrected chi connectivity index (χ2v) is 11.1. The fourth-order valence-electron chi connectivity index (χ4n) is 5.56. The number of thiophene rings is 1. The van der Waals surface area contributed by atoms with Gasteiger partial charge in [-0.1, -0.05) is 67.9 Å². The van der Waals surface area contributed by atoms with Crippen molar-refractivity contribution in [2.24, 2.45) is 0 Å². The van der Waals surface area contributed by atoms with Crippen molar-refractivity contribution in [3.63, 3.8) is 0 Å². The first-order valence-electron chi connectivity index (χ1n) is 14.0. The summed E-state index contributed by atoms with van der Waals surface area (Å²) in [7, 11) is 1.37. The second kappa shape index (κ2) is 12.1. The maximum Gasteiger partial charge on any atom is 0.334 e. The summed E-state index contributed by atoms with van der Waals surface area (Å²) in [6.45, 7) is 3.07. The number of fused-ring (bicyclic) bond motifs is 1. The Morgan fingerprint density at radius 1 is 1.07 bits per heavy atom. The quantitative estimate of drug-likeness (QED) is 0.241. The Hall–Kier alpha value is -4.64. The molecule has 1 N–H and O–H groups in total. The van der Waals surface area contributed by atoms with Gasteiger partial charge in [0.25, 0.3) is 5.91 Å². The lowest BCUT2D eigenvalue weighted by Crippen LogP contribution is -2.44. The van der Waals surface area contributed by atoms with Crippen LogP contribution in [0.4, 0.5) is 0 Å². The molecule has 3 aromatic heterocycles. The van der Waals surface area contributed by atoms with Crippen LogP contribution in [0.1, 0.15) is 58.3 Å². The number of aryl methyl sites for hydroxylation is 1. The number of ether oxygens (including phenoxy) is 1. The lowest BCUT2D eigenvalue weighted by Gasteiger charge is -2.34. The number of carbonyl (C=O) groups excluding carboxylic acids is 2. The van der Waals surface area contributed by atoms with E-state index in [1.54, 1.807) is 11.0 Å². The van der Waals surface area contributed by atoms with Crippen LogP contribution in [0.15, 0.2) is 66.0 Å². The van der Waals surface area contributed by atoms with E-state index in [2.05, 4.69) is 56.4 Å². The van der Waals surface area contributed by atoms with Crippen molar-refractivity contribution in [3.05, 3.63) is 93.7 Å². The molecular formula is C31H31N7O3S. The molecule has 1 atom stereocenters. The third-order valence-electron chi connectivity index (χ3n) is 7.63. The summed E-state index contributed by atoms with van der Waals surface area (Å²) >= 11 is 1.37. The first-order chi connectivity index (χ1) is 20.6. The summed E-state index contributed by atoms with van der Waals surface area (Å²) in [6.07, 6.45) is 3.36. The highest BCUT2D eigenvalue weighted by Gasteiger charge is 2.41. The highest BCUT2D eigenvalue weighted by Crippen LogP contribution is 2.35. The van der Waals surface area contributed by atoms with Crippen molar-refractivity contribution < 1.29 is 14.3 Å². The summed E-state index contributed by atoms with van der Waals surface area (Å²) in [4.78, 5) is 34.1. The number of tetrazole rings is 1. The molecule has 0 fully saturated rings. The van der Waals surface area contributed by atoms with E-state index in [1.807, 2.05) is 35.7 Å². The number of benzene rings is 2. The molecule has 0 spiro atoms. The van der Waals surface area contributed by atoms with Crippen LogP contribution < -0.4 is 0 Å². The number of imidazole rings is 1. The molecule has 0 bridgehead atoms. The summed E-state index contributed by atoms with van der Waals surface area (Å²) < 4.78 is 7.39. The van der Waals surface area contributed by atoms with Crippen molar-refractivity contribution in [1.82, 2.24) is 35.1 Å². The van der Waals surface area contributed by atoms with Crippen LogP contribution in [0.5, 0.6) is 0 Å². The van der Waals surface area contributed by atoms with Gasteiger partial charge >= 0.3 is 5.97 Å². The maximum atomic E-state index is 13.5. The Morgan fingerprint density at radius 2 is 1.88 bits per heavy atom. The molecule has 0 aliphatic carbocycles. The number of nitrogens with one attached hydrogen (secondary N) is 1. The number of nitrogens with zero attached hydrogens (tertiary/aromatic N) is 6. The molecule has 1 aliphatic heterocycles. The van der Waals surface area contributed by atoms with Crippen LogP contribution in [-0.4, -0.2) is 60.6 Å². The van der Waals surface area contributed by atoms with E-state index < -0.39 is 12.0 Å². The van der Waals surface area contributed by atoms with E-state index in [-0.39, 0.29) is 5.91 Å². The topological polar surface area (TPSA) is 119 Å². The summed E-state index contributed by atoms with van der Waals surface area (Å²) in [6, 6.07) is 19.1. The van der Waals surface area contributed by atoms with Gasteiger partial charge in [0.2, 0.25) is 0 Å². The third-order valence-corrected chi connectivity index (χ3v) is 8.48. The number of amides is 1. The predicted octanol–water partition coefficient (Wildman–Crippen LogP) is 5.10. The van der Waals surface area contributed by atoms with Gasteiger partial charge in [0.05, 0.1) is 23.4 Å². The van der Waals surface area contributed by atoms with Crippen molar-refractivity contribution >= 4 is 23.2 Å². The first kappa shape index (κ1) is 27.5. The van der Waals surface area contributed by atoms with E-state index >= 15 is 0 Å². The van der Waals surface area contributed by atoms with E-state index in [1.165, 1.54) is 18.4 Å². The maximum absolute atomic E-state index is 13.5. The molecule has 5 aromatic rings. The van der Waals surface area contributed by atoms with Gasteiger partial charge in [-0.15, -0.1) is 16.4 Å². The SMILES string of the molecule is CCCCc1nc2c(n1Cc1ccc(-c3ccccc3-c3nnn[nH]3)cc1)C(C(=O)OC)N(C(=O)c1cccs1)CC2. The highest BCUT2D eigenvalue weighted by atomic mass is 32.1. The summed E-state index contributed by atoms with van der Waals surface area (Å²) in [5, 5.41) is 16.2. The first-order valence-corrected chi connectivity index (χ1v) is 14.9. The number of H-pyrrole nitrogens is 1. The number of esters is 1. The van der Waals surface area contributed by atoms with E-state index in [9.17, 15) is 9.59 Å². The van der Waals surface area contributed by atoms with Crippen LogP contribution in [0.25, 0.3) is 22.5 Å². The highest BCUT2D eigenvalue weighted by molar-refractivity contribution is 7.12. The smallest absolute Gasteiger partial charge is 0.334 e. The molecule has 4 heterocycles. The molecule has 6 rings (SSSR count). The van der Waals surface area contributed by atoms with Crippen molar-refractivity contribution in [2.45, 2.75) is 45.2 Å². The standard InChI is InChI=1S/C31H31N7O3S/c1-3-4-11-26-32-24-16-17-37(30(39)25-10-7-18-42-25)28(31(40)41-2)27(24)38(26)19-20-12-14-21(15-13-20)22-8-5-6-9-23(22)29-33-35-36-34-29/h5-10,12-15,18,28H,3-4,11,16-17,19H2,1-2H3,(H,33,34,35,36). The molecule has 1 aliphatic rings. The Bertz CT molecular complexity index is 1680. The van der Waals surface area contributed by atoms with E-state index in [0.29, 0.717) is 30.2 Å². The molecular weight excluding hydrogens is 550 g/mol. The zero-order valence-electron chi connectivity index (χ0n) is 23.5. The number of hydrogen-bond donors (Lipinski definition) is 1. The number of unbranched alkanes of at least 4 members (excludes halogenated alkanes) is 1. The Morgan fingerprint density at radius 3 is 2.57 bits per heavy atom. The van der Waals surface area contributed by atoms with Gasteiger partial charge in [0.15, 0.2) is 11.9 Å². The molecule has 2 aromatic carbocycles. The minimum atomic E-state index is -0.863. The zero-order valence-corrected chi connectivity index (χ0v) is 24.3. The second-order valence-electron chi connectivity index (χ2n) is 10.2. The van der Waals surface area contributed by atoms with Gasteiger partial charge in [-0.2, -0.15) is 0 Å². The van der Waals surface area contributed by atoms with Gasteiger partial charge < -0.3 is 14.2 Å². The van der Waals surface area contributed by atoms with Crippen LogP contribution in [0.3, 0.4) is 0 Å². The van der Waals surface area contributed by atoms with Gasteiger partial charge in [-0.25, -0.2) is 14.9 Å². The normalized spacial score (nSPS) is 14.5. The Labute approximate surface area is 247 Å². The molecule has 0 radical (unpaired) electrons.